The van der Waals surface area contributed by atoms with E-state index in [9.17, 15) is 4.79 Å². The highest BCUT2D eigenvalue weighted by Crippen LogP contribution is 2.17. The monoisotopic (exact) mass is 335 g/mol. The molecule has 1 aromatic heterocycles. The van der Waals surface area contributed by atoms with Gasteiger partial charge in [-0.1, -0.05) is 30.3 Å². The van der Waals surface area contributed by atoms with Crippen LogP contribution in [-0.4, -0.2) is 29.1 Å². The summed E-state index contributed by atoms with van der Waals surface area (Å²) in [7, 11) is 1.61. The number of carbonyl (C=O) groups is 1. The van der Waals surface area contributed by atoms with Crippen LogP contribution in [-0.2, 0) is 6.54 Å². The summed E-state index contributed by atoms with van der Waals surface area (Å²) >= 11 is 0. The second-order valence-corrected chi connectivity index (χ2v) is 5.65. The molecule has 3 aromatic rings. The lowest BCUT2D eigenvalue weighted by Gasteiger charge is -2.09. The first-order valence-electron chi connectivity index (χ1n) is 8.27. The van der Waals surface area contributed by atoms with E-state index in [1.165, 1.54) is 0 Å². The number of methoxy groups -OCH3 is 1. The fourth-order valence-electron chi connectivity index (χ4n) is 2.63. The number of amides is 1. The van der Waals surface area contributed by atoms with Crippen LogP contribution in [0.3, 0.4) is 0 Å². The first-order chi connectivity index (χ1) is 12.3. The van der Waals surface area contributed by atoms with Gasteiger partial charge in [0.15, 0.2) is 0 Å². The normalized spacial score (nSPS) is 10.4. The predicted molar refractivity (Wildman–Crippen MR) is 97.6 cm³/mol. The molecule has 5 heteroatoms. The van der Waals surface area contributed by atoms with E-state index in [1.807, 2.05) is 36.5 Å². The van der Waals surface area contributed by atoms with Crippen molar-refractivity contribution < 1.29 is 9.53 Å². The van der Waals surface area contributed by atoms with E-state index in [0.29, 0.717) is 12.1 Å². The minimum Gasteiger partial charge on any atom is -0.497 e. The van der Waals surface area contributed by atoms with E-state index in [0.717, 1.165) is 30.1 Å². The van der Waals surface area contributed by atoms with Crippen molar-refractivity contribution in [1.82, 2.24) is 14.9 Å². The molecule has 25 heavy (non-hydrogen) atoms. The summed E-state index contributed by atoms with van der Waals surface area (Å²) in [4.78, 5) is 16.6. The summed E-state index contributed by atoms with van der Waals surface area (Å²) in [6, 6.07) is 17.2. The van der Waals surface area contributed by atoms with Crippen LogP contribution in [0.15, 0.2) is 67.0 Å². The van der Waals surface area contributed by atoms with Crippen LogP contribution < -0.4 is 10.1 Å². The van der Waals surface area contributed by atoms with Gasteiger partial charge in [-0.3, -0.25) is 4.79 Å². The predicted octanol–water partition coefficient (Wildman–Crippen LogP) is 3.38. The number of hydrogen-bond acceptors (Lipinski definition) is 3. The van der Waals surface area contributed by atoms with E-state index in [1.54, 1.807) is 37.6 Å². The summed E-state index contributed by atoms with van der Waals surface area (Å²) in [5, 5.41) is 2.94. The van der Waals surface area contributed by atoms with Crippen molar-refractivity contribution >= 4 is 5.91 Å². The van der Waals surface area contributed by atoms with Gasteiger partial charge in [0, 0.05) is 36.6 Å². The Kier molecular flexibility index (Phi) is 5.46. The van der Waals surface area contributed by atoms with Crippen LogP contribution in [0.25, 0.3) is 11.4 Å². The molecule has 128 valence electrons. The zero-order chi connectivity index (χ0) is 17.5. The molecule has 0 fully saturated rings. The summed E-state index contributed by atoms with van der Waals surface area (Å²) in [6.07, 6.45) is 4.60. The Morgan fingerprint density at radius 1 is 1.12 bits per heavy atom. The van der Waals surface area contributed by atoms with Crippen LogP contribution in [0.1, 0.15) is 16.8 Å². The SMILES string of the molecule is COc1ccc(C(=O)NCCCn2ccnc2-c2ccccc2)cc1. The standard InChI is InChI=1S/C20H21N3O2/c1-25-18-10-8-17(9-11-18)20(24)22-12-5-14-23-15-13-21-19(23)16-6-3-2-4-7-16/h2-4,6-11,13,15H,5,12,14H2,1H3,(H,22,24). The molecule has 0 spiro atoms. The van der Waals surface area contributed by atoms with Crippen LogP contribution in [0.4, 0.5) is 0 Å². The summed E-state index contributed by atoms with van der Waals surface area (Å²) in [5.41, 5.74) is 1.73. The second kappa shape index (κ2) is 8.15. The fourth-order valence-corrected chi connectivity index (χ4v) is 2.63. The molecule has 0 bridgehead atoms. The van der Waals surface area contributed by atoms with Gasteiger partial charge in [0.25, 0.3) is 5.91 Å². The molecule has 1 N–H and O–H groups in total. The van der Waals surface area contributed by atoms with E-state index >= 15 is 0 Å². The van der Waals surface area contributed by atoms with Crippen molar-refractivity contribution in [2.45, 2.75) is 13.0 Å². The largest absolute Gasteiger partial charge is 0.497 e. The highest BCUT2D eigenvalue weighted by atomic mass is 16.5. The lowest BCUT2D eigenvalue weighted by Crippen LogP contribution is -2.25. The number of nitrogens with zero attached hydrogens (tertiary/aromatic N) is 2. The zero-order valence-electron chi connectivity index (χ0n) is 14.2. The molecule has 0 aliphatic rings. The quantitative estimate of drug-likeness (QED) is 0.674. The minimum atomic E-state index is -0.0726. The van der Waals surface area contributed by atoms with Crippen molar-refractivity contribution in [3.8, 4) is 17.1 Å². The zero-order valence-corrected chi connectivity index (χ0v) is 14.2. The molecule has 0 radical (unpaired) electrons. The first-order valence-corrected chi connectivity index (χ1v) is 8.27. The van der Waals surface area contributed by atoms with Gasteiger partial charge in [-0.05, 0) is 30.7 Å². The van der Waals surface area contributed by atoms with Gasteiger partial charge in [0.2, 0.25) is 0 Å². The lowest BCUT2D eigenvalue weighted by atomic mass is 10.2. The second-order valence-electron chi connectivity index (χ2n) is 5.65. The highest BCUT2D eigenvalue weighted by molar-refractivity contribution is 5.94. The summed E-state index contributed by atoms with van der Waals surface area (Å²) < 4.78 is 7.20. The van der Waals surface area contributed by atoms with Crippen LogP contribution in [0, 0.1) is 0 Å². The maximum absolute atomic E-state index is 12.1. The maximum atomic E-state index is 12.1. The number of aromatic nitrogens is 2. The Bertz CT molecular complexity index is 810. The van der Waals surface area contributed by atoms with Crippen LogP contribution >= 0.6 is 0 Å². The molecule has 3 rings (SSSR count). The Morgan fingerprint density at radius 2 is 1.88 bits per heavy atom. The van der Waals surface area contributed by atoms with Gasteiger partial charge < -0.3 is 14.6 Å². The van der Waals surface area contributed by atoms with Gasteiger partial charge in [0.05, 0.1) is 7.11 Å². The number of benzene rings is 2. The molecule has 0 unspecified atom stereocenters. The van der Waals surface area contributed by atoms with E-state index < -0.39 is 0 Å². The van der Waals surface area contributed by atoms with Gasteiger partial charge in [-0.2, -0.15) is 0 Å². The van der Waals surface area contributed by atoms with Crippen molar-refractivity contribution in [2.75, 3.05) is 13.7 Å². The number of aryl methyl sites for hydroxylation is 1. The molecule has 0 aliphatic carbocycles. The average Bonchev–Trinajstić information content (AvgIpc) is 3.14. The Balaban J connectivity index is 1.50. The van der Waals surface area contributed by atoms with Crippen LogP contribution in [0.5, 0.6) is 5.75 Å². The van der Waals surface area contributed by atoms with Gasteiger partial charge in [-0.25, -0.2) is 4.98 Å². The third-order valence-electron chi connectivity index (χ3n) is 3.96. The van der Waals surface area contributed by atoms with Gasteiger partial charge in [-0.15, -0.1) is 0 Å². The Hall–Kier alpha value is -3.08. The Labute approximate surface area is 147 Å². The highest BCUT2D eigenvalue weighted by Gasteiger charge is 2.07. The maximum Gasteiger partial charge on any atom is 0.251 e. The summed E-state index contributed by atoms with van der Waals surface area (Å²) in [5.74, 6) is 1.61. The number of imidazole rings is 1. The lowest BCUT2D eigenvalue weighted by molar-refractivity contribution is 0.0952. The first kappa shape index (κ1) is 16.8. The molecule has 1 heterocycles. The molecule has 5 nitrogen and oxygen atoms in total. The van der Waals surface area contributed by atoms with Gasteiger partial charge in [0.1, 0.15) is 11.6 Å². The topological polar surface area (TPSA) is 56.1 Å². The smallest absolute Gasteiger partial charge is 0.251 e. The molecule has 0 atom stereocenters. The third kappa shape index (κ3) is 4.26. The molecule has 2 aromatic carbocycles. The van der Waals surface area contributed by atoms with E-state index in [2.05, 4.69) is 14.9 Å². The molecule has 0 saturated heterocycles. The number of carbonyl (C=O) groups excluding carboxylic acids is 1. The number of rotatable bonds is 7. The third-order valence-corrected chi connectivity index (χ3v) is 3.96. The minimum absolute atomic E-state index is 0.0726. The molecule has 0 saturated carbocycles. The Morgan fingerprint density at radius 3 is 2.60 bits per heavy atom. The van der Waals surface area contributed by atoms with Crippen molar-refractivity contribution in [2.24, 2.45) is 0 Å². The number of hydrogen-bond donors (Lipinski definition) is 1. The van der Waals surface area contributed by atoms with E-state index in [4.69, 9.17) is 4.74 Å². The number of ether oxygens (including phenoxy) is 1. The molecule has 1 amide bonds. The molecular weight excluding hydrogens is 314 g/mol. The van der Waals surface area contributed by atoms with E-state index in [-0.39, 0.29) is 5.91 Å². The van der Waals surface area contributed by atoms with Crippen molar-refractivity contribution in [3.05, 3.63) is 72.6 Å². The summed E-state index contributed by atoms with van der Waals surface area (Å²) in [6.45, 7) is 1.41. The molecular formula is C20H21N3O2. The molecule has 0 aliphatic heterocycles. The fraction of sp³-hybridized carbons (Fsp3) is 0.200. The van der Waals surface area contributed by atoms with Crippen LogP contribution in [0.2, 0.25) is 0 Å². The van der Waals surface area contributed by atoms with Gasteiger partial charge >= 0.3 is 0 Å². The van der Waals surface area contributed by atoms with Crippen molar-refractivity contribution in [1.29, 1.82) is 0 Å². The average molecular weight is 335 g/mol. The number of nitrogens with one attached hydrogen (secondary N) is 1. The van der Waals surface area contributed by atoms with Crippen molar-refractivity contribution in [3.63, 3.8) is 0 Å².